The average molecular weight is 459 g/mol. The number of likely N-dealkylation sites (N-methyl/N-ethyl adjacent to an activating group) is 1. The lowest BCUT2D eigenvalue weighted by atomic mass is 9.98. The second-order valence-corrected chi connectivity index (χ2v) is 9.38. The van der Waals surface area contributed by atoms with Crippen LogP contribution >= 0.6 is 0 Å². The van der Waals surface area contributed by atoms with Crippen molar-refractivity contribution in [3.8, 4) is 0 Å². The number of amides is 1. The maximum atomic E-state index is 14.0. The molecule has 5 rings (SSSR count). The van der Waals surface area contributed by atoms with E-state index in [2.05, 4.69) is 22.2 Å². The quantitative estimate of drug-likeness (QED) is 0.741. The van der Waals surface area contributed by atoms with E-state index in [1.165, 1.54) is 11.0 Å². The fourth-order valence-electron chi connectivity index (χ4n) is 5.46. The minimum absolute atomic E-state index is 0.0562. The number of para-hydroxylation sites is 1. The number of fused-ring (bicyclic) bond motifs is 1. The zero-order chi connectivity index (χ0) is 23.2. The van der Waals surface area contributed by atoms with Crippen LogP contribution in [-0.2, 0) is 19.3 Å². The minimum Gasteiger partial charge on any atom is -0.315 e. The number of hydrogen-bond donors (Lipinski definition) is 1. The lowest BCUT2D eigenvalue weighted by molar-refractivity contribution is -0.138. The molecule has 33 heavy (non-hydrogen) atoms. The van der Waals surface area contributed by atoms with Crippen molar-refractivity contribution in [3.05, 3.63) is 64.7 Å². The second kappa shape index (κ2) is 8.74. The van der Waals surface area contributed by atoms with Gasteiger partial charge in [-0.25, -0.2) is 0 Å². The number of carbonyl (C=O) groups excluding carboxylic acids is 1. The Morgan fingerprint density at radius 1 is 1.12 bits per heavy atom. The minimum atomic E-state index is -4.50. The number of nitrogens with one attached hydrogen (secondary N) is 1. The van der Waals surface area contributed by atoms with E-state index in [1.807, 2.05) is 6.07 Å². The molecule has 2 saturated heterocycles. The molecule has 0 radical (unpaired) electrons. The van der Waals surface area contributed by atoms with Crippen LogP contribution in [0.2, 0.25) is 0 Å². The molecular weight excluding hydrogens is 429 g/mol. The predicted octanol–water partition coefficient (Wildman–Crippen LogP) is 3.73. The normalized spacial score (nSPS) is 23.7. The summed E-state index contributed by atoms with van der Waals surface area (Å²) in [5, 5.41) is 3.39. The first-order valence-electron chi connectivity index (χ1n) is 11.6. The summed E-state index contributed by atoms with van der Waals surface area (Å²) in [6.45, 7) is 4.07. The maximum Gasteiger partial charge on any atom is 0.416 e. The van der Waals surface area contributed by atoms with Crippen molar-refractivity contribution in [2.24, 2.45) is 0 Å². The van der Waals surface area contributed by atoms with E-state index in [-0.39, 0.29) is 23.6 Å². The summed E-state index contributed by atoms with van der Waals surface area (Å²) in [7, 11) is 2.15. The first kappa shape index (κ1) is 22.4. The Balaban J connectivity index is 1.37. The summed E-state index contributed by atoms with van der Waals surface area (Å²) in [5.74, 6) is -0.365. The Bertz CT molecular complexity index is 1020. The van der Waals surface area contributed by atoms with Crippen LogP contribution in [-0.4, -0.2) is 61.0 Å². The summed E-state index contributed by atoms with van der Waals surface area (Å²) in [5.41, 5.74) is 0.725. The highest BCUT2D eigenvalue weighted by Gasteiger charge is 2.41. The average Bonchev–Trinajstić information content (AvgIpc) is 3.54. The van der Waals surface area contributed by atoms with Gasteiger partial charge in [-0.3, -0.25) is 14.6 Å². The van der Waals surface area contributed by atoms with E-state index in [9.17, 15) is 18.0 Å². The van der Waals surface area contributed by atoms with E-state index < -0.39 is 11.7 Å². The van der Waals surface area contributed by atoms with Crippen LogP contribution in [0.25, 0.3) is 0 Å². The summed E-state index contributed by atoms with van der Waals surface area (Å²) in [6, 6.07) is 12.7. The van der Waals surface area contributed by atoms with Gasteiger partial charge < -0.3 is 10.2 Å². The van der Waals surface area contributed by atoms with Gasteiger partial charge >= 0.3 is 6.18 Å². The molecule has 2 aromatic carbocycles. The number of benzene rings is 2. The van der Waals surface area contributed by atoms with Gasteiger partial charge in [0.1, 0.15) is 0 Å². The van der Waals surface area contributed by atoms with Crippen molar-refractivity contribution in [2.75, 3.05) is 38.1 Å². The van der Waals surface area contributed by atoms with Crippen LogP contribution in [0.1, 0.15) is 39.9 Å². The van der Waals surface area contributed by atoms with Crippen LogP contribution < -0.4 is 10.2 Å². The topological polar surface area (TPSA) is 38.8 Å². The molecule has 0 aliphatic carbocycles. The molecule has 2 unspecified atom stereocenters. The monoisotopic (exact) mass is 458 g/mol. The van der Waals surface area contributed by atoms with Gasteiger partial charge in [0.05, 0.1) is 12.1 Å². The van der Waals surface area contributed by atoms with Gasteiger partial charge in [-0.2, -0.15) is 13.2 Å². The van der Waals surface area contributed by atoms with Crippen LogP contribution in [0.15, 0.2) is 42.5 Å². The van der Waals surface area contributed by atoms with Gasteiger partial charge in [0, 0.05) is 49.5 Å². The Labute approximate surface area is 192 Å². The third kappa shape index (κ3) is 4.39. The van der Waals surface area contributed by atoms with Gasteiger partial charge in [0.15, 0.2) is 0 Å². The predicted molar refractivity (Wildman–Crippen MR) is 121 cm³/mol. The molecule has 2 atom stereocenters. The lowest BCUT2D eigenvalue weighted by Crippen LogP contribution is -2.42. The lowest BCUT2D eigenvalue weighted by Gasteiger charge is -2.30. The SMILES string of the molecule is CN(C1CCNC1)C1CCN(Cc2cc3c(c(C(F)(F)F)c2)CN(c2ccccc2)C3=O)C1. The highest BCUT2D eigenvalue weighted by Crippen LogP contribution is 2.39. The summed E-state index contributed by atoms with van der Waals surface area (Å²) in [4.78, 5) is 19.1. The molecule has 3 heterocycles. The number of rotatable bonds is 5. The molecule has 2 fully saturated rings. The number of carbonyl (C=O) groups is 1. The van der Waals surface area contributed by atoms with Crippen LogP contribution in [0.5, 0.6) is 0 Å². The molecule has 1 N–H and O–H groups in total. The Hall–Kier alpha value is -2.42. The second-order valence-electron chi connectivity index (χ2n) is 9.38. The smallest absolute Gasteiger partial charge is 0.315 e. The first-order chi connectivity index (χ1) is 15.8. The fraction of sp³-hybridized carbons (Fsp3) is 0.480. The molecule has 0 spiro atoms. The number of hydrogen-bond acceptors (Lipinski definition) is 4. The highest BCUT2D eigenvalue weighted by atomic mass is 19.4. The fourth-order valence-corrected chi connectivity index (χ4v) is 5.46. The molecule has 3 aliphatic rings. The third-order valence-corrected chi connectivity index (χ3v) is 7.31. The molecule has 1 amide bonds. The maximum absolute atomic E-state index is 14.0. The molecule has 5 nitrogen and oxygen atoms in total. The van der Waals surface area contributed by atoms with Crippen LogP contribution in [0.4, 0.5) is 18.9 Å². The molecule has 2 aromatic rings. The molecule has 3 aliphatic heterocycles. The van der Waals surface area contributed by atoms with Crippen molar-refractivity contribution in [1.82, 2.24) is 15.1 Å². The van der Waals surface area contributed by atoms with Crippen molar-refractivity contribution in [2.45, 2.75) is 44.2 Å². The van der Waals surface area contributed by atoms with E-state index in [1.54, 1.807) is 30.3 Å². The van der Waals surface area contributed by atoms with Crippen molar-refractivity contribution in [3.63, 3.8) is 0 Å². The largest absolute Gasteiger partial charge is 0.416 e. The molecule has 8 heteroatoms. The number of anilines is 1. The standard InChI is InChI=1S/C25H29F3N4O/c1-30(19-7-9-29-13-19)20-8-10-31(15-20)14-17-11-21-22(23(12-17)25(26,27)28)16-32(24(21)33)18-5-3-2-4-6-18/h2-6,11-12,19-20,29H,7-10,13-16H2,1H3. The zero-order valence-electron chi connectivity index (χ0n) is 18.7. The van der Waals surface area contributed by atoms with Gasteiger partial charge in [0.2, 0.25) is 0 Å². The number of likely N-dealkylation sites (tertiary alicyclic amines) is 1. The first-order valence-corrected chi connectivity index (χ1v) is 11.6. The van der Waals surface area contributed by atoms with E-state index in [4.69, 9.17) is 0 Å². The number of halogens is 3. The Morgan fingerprint density at radius 3 is 2.61 bits per heavy atom. The summed E-state index contributed by atoms with van der Waals surface area (Å²) >= 11 is 0. The molecule has 176 valence electrons. The van der Waals surface area contributed by atoms with Gasteiger partial charge in [-0.15, -0.1) is 0 Å². The third-order valence-electron chi connectivity index (χ3n) is 7.31. The van der Waals surface area contributed by atoms with Crippen molar-refractivity contribution in [1.29, 1.82) is 0 Å². The molecule has 0 bridgehead atoms. The highest BCUT2D eigenvalue weighted by molar-refractivity contribution is 6.10. The Kier molecular flexibility index (Phi) is 5.93. The van der Waals surface area contributed by atoms with Gasteiger partial charge in [-0.1, -0.05) is 18.2 Å². The summed E-state index contributed by atoms with van der Waals surface area (Å²) in [6.07, 6.45) is -2.37. The van der Waals surface area contributed by atoms with E-state index in [0.717, 1.165) is 39.0 Å². The Morgan fingerprint density at radius 2 is 1.91 bits per heavy atom. The molecule has 0 saturated carbocycles. The number of alkyl halides is 3. The van der Waals surface area contributed by atoms with Crippen molar-refractivity contribution < 1.29 is 18.0 Å². The molecular formula is C25H29F3N4O. The van der Waals surface area contributed by atoms with E-state index in [0.29, 0.717) is 29.9 Å². The van der Waals surface area contributed by atoms with Gasteiger partial charge in [-0.05, 0) is 61.8 Å². The summed E-state index contributed by atoms with van der Waals surface area (Å²) < 4.78 is 41.9. The molecule has 0 aromatic heterocycles. The van der Waals surface area contributed by atoms with Crippen molar-refractivity contribution >= 4 is 11.6 Å². The van der Waals surface area contributed by atoms with Crippen LogP contribution in [0, 0.1) is 0 Å². The van der Waals surface area contributed by atoms with Gasteiger partial charge in [0.25, 0.3) is 5.91 Å². The number of nitrogens with zero attached hydrogens (tertiary/aromatic N) is 3. The van der Waals surface area contributed by atoms with E-state index >= 15 is 0 Å². The zero-order valence-corrected chi connectivity index (χ0v) is 18.7. The van der Waals surface area contributed by atoms with Crippen LogP contribution in [0.3, 0.4) is 0 Å².